The largest absolute Gasteiger partial charge is 0.454 e. The third-order valence-corrected chi connectivity index (χ3v) is 4.60. The van der Waals surface area contributed by atoms with Crippen molar-refractivity contribution >= 4 is 21.6 Å². The molecular weight excluding hydrogens is 288 g/mol. The minimum absolute atomic E-state index is 0.249. The molecule has 0 N–H and O–H groups in total. The number of aromatic nitrogens is 2. The quantitative estimate of drug-likeness (QED) is 0.720. The van der Waals surface area contributed by atoms with E-state index in [1.54, 1.807) is 11.3 Å². The Morgan fingerprint density at radius 1 is 1.14 bits per heavy atom. The topological polar surface area (TPSA) is 53.5 Å². The molecule has 2 aromatic heterocycles. The molecule has 6 heteroatoms. The van der Waals surface area contributed by atoms with Crippen molar-refractivity contribution in [1.29, 1.82) is 0 Å². The standard InChI is InChI=1S/C15H12N2O3S/c1-8-9(2)21-15-13(8)14(16-6-17-15)20-10-3-4-11-12(5-10)19-7-18-11/h3-6H,7H2,1-2H3. The minimum atomic E-state index is 0.249. The molecule has 0 saturated carbocycles. The first kappa shape index (κ1) is 12.4. The van der Waals surface area contributed by atoms with E-state index in [1.807, 2.05) is 18.2 Å². The van der Waals surface area contributed by atoms with Crippen LogP contribution in [0.15, 0.2) is 24.5 Å². The van der Waals surface area contributed by atoms with Gasteiger partial charge in [0.05, 0.1) is 5.39 Å². The van der Waals surface area contributed by atoms with Crippen LogP contribution in [-0.4, -0.2) is 16.8 Å². The van der Waals surface area contributed by atoms with Crippen molar-refractivity contribution in [2.24, 2.45) is 0 Å². The van der Waals surface area contributed by atoms with Gasteiger partial charge in [-0.3, -0.25) is 0 Å². The molecular formula is C15H12N2O3S. The van der Waals surface area contributed by atoms with Crippen molar-refractivity contribution < 1.29 is 14.2 Å². The zero-order chi connectivity index (χ0) is 14.4. The van der Waals surface area contributed by atoms with Crippen LogP contribution in [0.5, 0.6) is 23.1 Å². The molecule has 0 saturated heterocycles. The van der Waals surface area contributed by atoms with Gasteiger partial charge in [-0.2, -0.15) is 0 Å². The third kappa shape index (κ3) is 1.99. The van der Waals surface area contributed by atoms with Gasteiger partial charge in [0.1, 0.15) is 16.9 Å². The summed E-state index contributed by atoms with van der Waals surface area (Å²) in [6.45, 7) is 4.38. The fourth-order valence-electron chi connectivity index (χ4n) is 2.28. The van der Waals surface area contributed by atoms with Crippen LogP contribution < -0.4 is 14.2 Å². The fourth-order valence-corrected chi connectivity index (χ4v) is 3.27. The van der Waals surface area contributed by atoms with Gasteiger partial charge in [0, 0.05) is 10.9 Å². The second-order valence-electron chi connectivity index (χ2n) is 4.76. The molecule has 1 aromatic carbocycles. The van der Waals surface area contributed by atoms with Crippen molar-refractivity contribution in [1.82, 2.24) is 9.97 Å². The number of fused-ring (bicyclic) bond motifs is 2. The Morgan fingerprint density at radius 3 is 2.90 bits per heavy atom. The summed E-state index contributed by atoms with van der Waals surface area (Å²) in [6.07, 6.45) is 1.53. The first-order valence-corrected chi connectivity index (χ1v) is 7.32. The van der Waals surface area contributed by atoms with Crippen LogP contribution in [0.4, 0.5) is 0 Å². The van der Waals surface area contributed by atoms with Crippen LogP contribution in [0.3, 0.4) is 0 Å². The lowest BCUT2D eigenvalue weighted by molar-refractivity contribution is 0.174. The smallest absolute Gasteiger partial charge is 0.231 e. The summed E-state index contributed by atoms with van der Waals surface area (Å²) in [5, 5.41) is 0.970. The Bertz CT molecular complexity index is 844. The normalized spacial score (nSPS) is 12.9. The first-order valence-electron chi connectivity index (χ1n) is 6.50. The van der Waals surface area contributed by atoms with Gasteiger partial charge < -0.3 is 14.2 Å². The van der Waals surface area contributed by atoms with Crippen molar-refractivity contribution in [3.05, 3.63) is 35.0 Å². The molecule has 0 bridgehead atoms. The maximum Gasteiger partial charge on any atom is 0.231 e. The number of rotatable bonds is 2. The molecule has 0 spiro atoms. The Morgan fingerprint density at radius 2 is 2.00 bits per heavy atom. The predicted molar refractivity (Wildman–Crippen MR) is 79.5 cm³/mol. The van der Waals surface area contributed by atoms with E-state index in [-0.39, 0.29) is 6.79 Å². The van der Waals surface area contributed by atoms with Gasteiger partial charge in [-0.15, -0.1) is 11.3 Å². The van der Waals surface area contributed by atoms with Crippen LogP contribution in [0, 0.1) is 13.8 Å². The molecule has 1 aliphatic heterocycles. The molecule has 0 fully saturated rings. The van der Waals surface area contributed by atoms with E-state index in [0.29, 0.717) is 17.4 Å². The Labute approximate surface area is 125 Å². The summed E-state index contributed by atoms with van der Waals surface area (Å²) in [6, 6.07) is 5.49. The van der Waals surface area contributed by atoms with E-state index in [1.165, 1.54) is 11.2 Å². The Balaban J connectivity index is 1.77. The molecule has 4 rings (SSSR count). The lowest BCUT2D eigenvalue weighted by Gasteiger charge is -2.07. The van der Waals surface area contributed by atoms with E-state index in [4.69, 9.17) is 14.2 Å². The molecule has 3 heterocycles. The van der Waals surface area contributed by atoms with Gasteiger partial charge in [0.25, 0.3) is 0 Å². The molecule has 0 radical (unpaired) electrons. The molecule has 106 valence electrons. The molecule has 0 unspecified atom stereocenters. The summed E-state index contributed by atoms with van der Waals surface area (Å²) >= 11 is 1.65. The summed E-state index contributed by atoms with van der Waals surface area (Å²) < 4.78 is 16.6. The molecule has 0 amide bonds. The lowest BCUT2D eigenvalue weighted by Crippen LogP contribution is -1.93. The van der Waals surface area contributed by atoms with Gasteiger partial charge in [-0.05, 0) is 31.5 Å². The second-order valence-corrected chi connectivity index (χ2v) is 5.96. The van der Waals surface area contributed by atoms with Gasteiger partial charge >= 0.3 is 0 Å². The SMILES string of the molecule is Cc1sc2ncnc(Oc3ccc4c(c3)OCO4)c2c1C. The van der Waals surface area contributed by atoms with E-state index >= 15 is 0 Å². The number of benzene rings is 1. The van der Waals surface area contributed by atoms with Crippen LogP contribution in [-0.2, 0) is 0 Å². The first-order chi connectivity index (χ1) is 10.2. The Kier molecular flexibility index (Phi) is 2.71. The molecule has 0 aliphatic carbocycles. The van der Waals surface area contributed by atoms with Crippen molar-refractivity contribution in [3.8, 4) is 23.1 Å². The molecule has 1 aliphatic rings. The summed E-state index contributed by atoms with van der Waals surface area (Å²) in [7, 11) is 0. The monoisotopic (exact) mass is 300 g/mol. The summed E-state index contributed by atoms with van der Waals surface area (Å²) in [5.74, 6) is 2.66. The molecule has 5 nitrogen and oxygen atoms in total. The highest BCUT2D eigenvalue weighted by atomic mass is 32.1. The van der Waals surface area contributed by atoms with Crippen LogP contribution in [0.2, 0.25) is 0 Å². The number of aryl methyl sites for hydroxylation is 2. The Hall–Kier alpha value is -2.34. The highest BCUT2D eigenvalue weighted by Crippen LogP contribution is 2.39. The van der Waals surface area contributed by atoms with Crippen LogP contribution in [0.25, 0.3) is 10.2 Å². The number of thiophene rings is 1. The van der Waals surface area contributed by atoms with Crippen molar-refractivity contribution in [2.45, 2.75) is 13.8 Å². The van der Waals surface area contributed by atoms with Gasteiger partial charge in [0.15, 0.2) is 11.5 Å². The van der Waals surface area contributed by atoms with Crippen molar-refractivity contribution in [2.75, 3.05) is 6.79 Å². The number of hydrogen-bond acceptors (Lipinski definition) is 6. The predicted octanol–water partition coefficient (Wildman–Crippen LogP) is 3.83. The average molecular weight is 300 g/mol. The average Bonchev–Trinajstić information content (AvgIpc) is 3.04. The van der Waals surface area contributed by atoms with E-state index in [0.717, 1.165) is 21.5 Å². The van der Waals surface area contributed by atoms with Gasteiger partial charge in [-0.25, -0.2) is 9.97 Å². The van der Waals surface area contributed by atoms with Crippen LogP contribution >= 0.6 is 11.3 Å². The fraction of sp³-hybridized carbons (Fsp3) is 0.200. The molecule has 3 aromatic rings. The molecule has 21 heavy (non-hydrogen) atoms. The number of hydrogen-bond donors (Lipinski definition) is 0. The molecule has 0 atom stereocenters. The summed E-state index contributed by atoms with van der Waals surface area (Å²) in [5.41, 5.74) is 1.16. The maximum atomic E-state index is 5.93. The zero-order valence-corrected chi connectivity index (χ0v) is 12.4. The van der Waals surface area contributed by atoms with Gasteiger partial charge in [-0.1, -0.05) is 0 Å². The highest BCUT2D eigenvalue weighted by Gasteiger charge is 2.17. The highest BCUT2D eigenvalue weighted by molar-refractivity contribution is 7.18. The van der Waals surface area contributed by atoms with Gasteiger partial charge in [0.2, 0.25) is 12.7 Å². The van der Waals surface area contributed by atoms with E-state index in [9.17, 15) is 0 Å². The minimum Gasteiger partial charge on any atom is -0.454 e. The number of nitrogens with zero attached hydrogens (tertiary/aromatic N) is 2. The zero-order valence-electron chi connectivity index (χ0n) is 11.5. The maximum absolute atomic E-state index is 5.93. The van der Waals surface area contributed by atoms with E-state index < -0.39 is 0 Å². The second kappa shape index (κ2) is 4.60. The summed E-state index contributed by atoms with van der Waals surface area (Å²) in [4.78, 5) is 10.7. The lowest BCUT2D eigenvalue weighted by atomic mass is 10.2. The number of ether oxygens (including phenoxy) is 3. The van der Waals surface area contributed by atoms with E-state index in [2.05, 4.69) is 23.8 Å². The van der Waals surface area contributed by atoms with Crippen molar-refractivity contribution in [3.63, 3.8) is 0 Å². The van der Waals surface area contributed by atoms with Crippen LogP contribution in [0.1, 0.15) is 10.4 Å². The third-order valence-electron chi connectivity index (χ3n) is 3.49.